The zero-order valence-corrected chi connectivity index (χ0v) is 11.5. The monoisotopic (exact) mass is 278 g/mol. The molecule has 0 aliphatic heterocycles. The van der Waals surface area contributed by atoms with Crippen molar-refractivity contribution in [3.8, 4) is 0 Å². The lowest BCUT2D eigenvalue weighted by Gasteiger charge is -2.34. The van der Waals surface area contributed by atoms with E-state index in [1.165, 1.54) is 11.3 Å². The third kappa shape index (κ3) is 3.03. The molecule has 18 heavy (non-hydrogen) atoms. The molecule has 1 N–H and O–H groups in total. The molecule has 102 valence electrons. The number of alkyl halides is 3. The number of halogens is 3. The molecular formula is C12H17F3N2S. The molecule has 0 saturated carbocycles. The Morgan fingerprint density at radius 1 is 1.44 bits per heavy atom. The number of fused-ring (bicyclic) bond motifs is 1. The summed E-state index contributed by atoms with van der Waals surface area (Å²) in [6, 6.07) is 0.128. The molecule has 0 bridgehead atoms. The minimum Gasteiger partial charge on any atom is -0.312 e. The van der Waals surface area contributed by atoms with Crippen LogP contribution in [0.2, 0.25) is 0 Å². The van der Waals surface area contributed by atoms with Gasteiger partial charge in [-0.3, -0.25) is 0 Å². The number of rotatable bonds is 2. The van der Waals surface area contributed by atoms with Crippen LogP contribution in [0, 0.1) is 5.41 Å². The average Bonchev–Trinajstić information content (AvgIpc) is 2.53. The van der Waals surface area contributed by atoms with E-state index >= 15 is 0 Å². The Bertz CT molecular complexity index is 437. The first-order valence-electron chi connectivity index (χ1n) is 5.93. The predicted molar refractivity (Wildman–Crippen MR) is 65.8 cm³/mol. The molecule has 1 aromatic rings. The van der Waals surface area contributed by atoms with Crippen molar-refractivity contribution in [2.24, 2.45) is 5.41 Å². The first-order valence-corrected chi connectivity index (χ1v) is 6.74. The number of thiazole rings is 1. The molecule has 0 radical (unpaired) electrons. The van der Waals surface area contributed by atoms with Crippen LogP contribution in [0.15, 0.2) is 0 Å². The van der Waals surface area contributed by atoms with Crippen LogP contribution in [0.1, 0.15) is 41.9 Å². The maximum atomic E-state index is 12.4. The normalized spacial score (nSPS) is 22.9. The van der Waals surface area contributed by atoms with E-state index < -0.39 is 12.6 Å². The molecule has 2 nitrogen and oxygen atoms in total. The van der Waals surface area contributed by atoms with Gasteiger partial charge in [-0.25, -0.2) is 4.98 Å². The summed E-state index contributed by atoms with van der Waals surface area (Å²) in [5.41, 5.74) is 0.930. The molecule has 2 rings (SSSR count). The summed E-state index contributed by atoms with van der Waals surface area (Å²) in [6.07, 6.45) is -3.40. The van der Waals surface area contributed by atoms with E-state index in [-0.39, 0.29) is 16.5 Å². The molecule has 0 fully saturated rings. The number of aromatic nitrogens is 1. The topological polar surface area (TPSA) is 24.9 Å². The highest BCUT2D eigenvalue weighted by Crippen LogP contribution is 2.43. The summed E-state index contributed by atoms with van der Waals surface area (Å²) in [7, 11) is 1.85. The van der Waals surface area contributed by atoms with E-state index in [2.05, 4.69) is 24.1 Å². The second-order valence-corrected chi connectivity index (χ2v) is 6.71. The van der Waals surface area contributed by atoms with Gasteiger partial charge in [0, 0.05) is 10.9 Å². The lowest BCUT2D eigenvalue weighted by molar-refractivity contribution is -0.127. The van der Waals surface area contributed by atoms with Gasteiger partial charge in [0.2, 0.25) is 0 Å². The quantitative estimate of drug-likeness (QED) is 0.896. The second kappa shape index (κ2) is 4.49. The minimum atomic E-state index is -4.18. The molecule has 1 aliphatic rings. The lowest BCUT2D eigenvalue weighted by Crippen LogP contribution is -2.30. The van der Waals surface area contributed by atoms with Crippen molar-refractivity contribution < 1.29 is 13.2 Å². The van der Waals surface area contributed by atoms with E-state index in [1.54, 1.807) is 0 Å². The van der Waals surface area contributed by atoms with Crippen molar-refractivity contribution in [2.75, 3.05) is 7.05 Å². The Kier molecular flexibility index (Phi) is 3.44. The zero-order chi connectivity index (χ0) is 13.6. The number of hydrogen-bond donors (Lipinski definition) is 1. The summed E-state index contributed by atoms with van der Waals surface area (Å²) in [6.45, 7) is 4.26. The van der Waals surface area contributed by atoms with Gasteiger partial charge >= 0.3 is 6.18 Å². The third-order valence-electron chi connectivity index (χ3n) is 3.19. The van der Waals surface area contributed by atoms with E-state index in [0.717, 1.165) is 23.4 Å². The van der Waals surface area contributed by atoms with Crippen molar-refractivity contribution in [1.82, 2.24) is 10.3 Å². The van der Waals surface area contributed by atoms with Gasteiger partial charge in [-0.15, -0.1) is 11.3 Å². The van der Waals surface area contributed by atoms with Crippen LogP contribution in [-0.4, -0.2) is 18.2 Å². The van der Waals surface area contributed by atoms with Crippen LogP contribution in [0.3, 0.4) is 0 Å². The molecule has 1 heterocycles. The van der Waals surface area contributed by atoms with E-state index in [1.807, 2.05) is 7.05 Å². The summed E-state index contributed by atoms with van der Waals surface area (Å²) in [4.78, 5) is 5.17. The average molecular weight is 278 g/mol. The smallest absolute Gasteiger partial charge is 0.312 e. The maximum absolute atomic E-state index is 12.4. The number of nitrogens with zero attached hydrogens (tertiary/aromatic N) is 1. The molecular weight excluding hydrogens is 261 g/mol. The first-order chi connectivity index (χ1) is 8.20. The zero-order valence-electron chi connectivity index (χ0n) is 10.7. The Balaban J connectivity index is 2.29. The van der Waals surface area contributed by atoms with Crippen LogP contribution in [0.25, 0.3) is 0 Å². The standard InChI is InChI=1S/C12H17F3N2S/c1-11(2)4-7(16-3)10-8(5-11)17-9(18-10)6-12(13,14)15/h7,16H,4-6H2,1-3H3. The van der Waals surface area contributed by atoms with Crippen molar-refractivity contribution in [2.45, 2.75) is 45.3 Å². The molecule has 1 aliphatic carbocycles. The van der Waals surface area contributed by atoms with Crippen LogP contribution in [0.5, 0.6) is 0 Å². The fourth-order valence-corrected chi connectivity index (χ4v) is 3.69. The molecule has 1 aromatic heterocycles. The Hall–Kier alpha value is -0.620. The van der Waals surface area contributed by atoms with Crippen molar-refractivity contribution in [1.29, 1.82) is 0 Å². The summed E-state index contributed by atoms with van der Waals surface area (Å²) >= 11 is 1.20. The molecule has 0 amide bonds. The second-order valence-electron chi connectivity index (χ2n) is 5.60. The predicted octanol–water partition coefficient (Wildman–Crippen LogP) is 3.48. The van der Waals surface area contributed by atoms with Crippen molar-refractivity contribution in [3.05, 3.63) is 15.6 Å². The molecule has 6 heteroatoms. The van der Waals surface area contributed by atoms with Crippen molar-refractivity contribution >= 4 is 11.3 Å². The van der Waals surface area contributed by atoms with Gasteiger partial charge in [0.25, 0.3) is 0 Å². The van der Waals surface area contributed by atoms with Gasteiger partial charge < -0.3 is 5.32 Å². The minimum absolute atomic E-state index is 0.0876. The Labute approximate surface area is 109 Å². The van der Waals surface area contributed by atoms with Crippen LogP contribution in [-0.2, 0) is 12.8 Å². The third-order valence-corrected chi connectivity index (χ3v) is 4.40. The highest BCUT2D eigenvalue weighted by molar-refractivity contribution is 7.11. The molecule has 1 atom stereocenters. The highest BCUT2D eigenvalue weighted by atomic mass is 32.1. The molecule has 0 saturated heterocycles. The molecule has 0 aromatic carbocycles. The number of nitrogens with one attached hydrogen (secondary N) is 1. The SMILES string of the molecule is CNC1CC(C)(C)Cc2nc(CC(F)(F)F)sc21. The van der Waals surface area contributed by atoms with E-state index in [0.29, 0.717) is 0 Å². The van der Waals surface area contributed by atoms with E-state index in [9.17, 15) is 13.2 Å². The Morgan fingerprint density at radius 2 is 2.11 bits per heavy atom. The first kappa shape index (κ1) is 13.8. The van der Waals surface area contributed by atoms with Crippen LogP contribution < -0.4 is 5.32 Å². The largest absolute Gasteiger partial charge is 0.395 e. The van der Waals surface area contributed by atoms with E-state index in [4.69, 9.17) is 0 Å². The lowest BCUT2D eigenvalue weighted by atomic mass is 9.76. The highest BCUT2D eigenvalue weighted by Gasteiger charge is 2.36. The van der Waals surface area contributed by atoms with Gasteiger partial charge in [-0.1, -0.05) is 13.8 Å². The van der Waals surface area contributed by atoms with Gasteiger partial charge in [-0.2, -0.15) is 13.2 Å². The summed E-state index contributed by atoms with van der Waals surface area (Å²) in [5, 5.41) is 3.37. The van der Waals surface area contributed by atoms with Gasteiger partial charge in [0.05, 0.1) is 12.1 Å². The summed E-state index contributed by atoms with van der Waals surface area (Å²) in [5.74, 6) is 0. The maximum Gasteiger partial charge on any atom is 0.395 e. The Morgan fingerprint density at radius 3 is 2.67 bits per heavy atom. The van der Waals surface area contributed by atoms with Crippen LogP contribution >= 0.6 is 11.3 Å². The van der Waals surface area contributed by atoms with Gasteiger partial charge in [0.15, 0.2) is 0 Å². The van der Waals surface area contributed by atoms with Crippen molar-refractivity contribution in [3.63, 3.8) is 0 Å². The fraction of sp³-hybridized carbons (Fsp3) is 0.750. The van der Waals surface area contributed by atoms with Crippen LogP contribution in [0.4, 0.5) is 13.2 Å². The van der Waals surface area contributed by atoms with Gasteiger partial charge in [-0.05, 0) is 25.3 Å². The van der Waals surface area contributed by atoms with Gasteiger partial charge in [0.1, 0.15) is 5.01 Å². The molecule has 0 spiro atoms. The number of hydrogen-bond acceptors (Lipinski definition) is 3. The summed E-state index contributed by atoms with van der Waals surface area (Å²) < 4.78 is 37.2. The fourth-order valence-electron chi connectivity index (χ4n) is 2.46. The molecule has 1 unspecified atom stereocenters.